The summed E-state index contributed by atoms with van der Waals surface area (Å²) in [4.78, 5) is 13.4. The highest BCUT2D eigenvalue weighted by molar-refractivity contribution is 5.76. The van der Waals surface area contributed by atoms with Gasteiger partial charge in [-0.05, 0) is 32.9 Å². The normalized spacial score (nSPS) is 11.0. The molecule has 88 valence electrons. The van der Waals surface area contributed by atoms with Gasteiger partial charge in [0.15, 0.2) is 0 Å². The first-order valence-corrected chi connectivity index (χ1v) is 5.36. The SMILES string of the molecule is CN(CC(=O)OC(C)(C)C)c1ccccc1. The number of hydrogen-bond donors (Lipinski definition) is 0. The van der Waals surface area contributed by atoms with E-state index in [2.05, 4.69) is 0 Å². The average molecular weight is 221 g/mol. The van der Waals surface area contributed by atoms with Gasteiger partial charge in [-0.2, -0.15) is 0 Å². The molecular weight excluding hydrogens is 202 g/mol. The summed E-state index contributed by atoms with van der Waals surface area (Å²) in [7, 11) is 1.87. The highest BCUT2D eigenvalue weighted by Gasteiger charge is 2.17. The molecule has 0 saturated carbocycles. The second-order valence-electron chi connectivity index (χ2n) is 4.78. The standard InChI is InChI=1S/C13H19NO2/c1-13(2,3)16-12(15)10-14(4)11-8-6-5-7-9-11/h5-9H,10H2,1-4H3. The van der Waals surface area contributed by atoms with Crippen LogP contribution >= 0.6 is 0 Å². The molecule has 0 saturated heterocycles. The first-order valence-electron chi connectivity index (χ1n) is 5.36. The van der Waals surface area contributed by atoms with Crippen molar-refractivity contribution in [1.29, 1.82) is 0 Å². The fourth-order valence-corrected chi connectivity index (χ4v) is 1.34. The minimum Gasteiger partial charge on any atom is -0.459 e. The van der Waals surface area contributed by atoms with E-state index in [0.717, 1.165) is 5.69 Å². The maximum Gasteiger partial charge on any atom is 0.326 e. The van der Waals surface area contributed by atoms with E-state index in [1.54, 1.807) is 0 Å². The molecule has 16 heavy (non-hydrogen) atoms. The van der Waals surface area contributed by atoms with Gasteiger partial charge in [-0.25, -0.2) is 0 Å². The average Bonchev–Trinajstić information content (AvgIpc) is 2.16. The lowest BCUT2D eigenvalue weighted by Gasteiger charge is -2.23. The summed E-state index contributed by atoms with van der Waals surface area (Å²) in [6.45, 7) is 5.87. The third-order valence-corrected chi connectivity index (χ3v) is 1.98. The van der Waals surface area contributed by atoms with Gasteiger partial charge in [-0.1, -0.05) is 18.2 Å². The Labute approximate surface area is 97.0 Å². The third kappa shape index (κ3) is 4.34. The number of likely N-dealkylation sites (N-methyl/N-ethyl adjacent to an activating group) is 1. The second-order valence-corrected chi connectivity index (χ2v) is 4.78. The van der Waals surface area contributed by atoms with Crippen LogP contribution in [0.5, 0.6) is 0 Å². The first kappa shape index (κ1) is 12.6. The van der Waals surface area contributed by atoms with Gasteiger partial charge >= 0.3 is 5.97 Å². The van der Waals surface area contributed by atoms with Crippen molar-refractivity contribution in [2.75, 3.05) is 18.5 Å². The Morgan fingerprint density at radius 2 is 1.81 bits per heavy atom. The lowest BCUT2D eigenvalue weighted by Crippen LogP contribution is -2.32. The largest absolute Gasteiger partial charge is 0.459 e. The van der Waals surface area contributed by atoms with E-state index >= 15 is 0 Å². The molecule has 3 nitrogen and oxygen atoms in total. The molecule has 0 aromatic heterocycles. The van der Waals surface area contributed by atoms with E-state index in [1.165, 1.54) is 0 Å². The molecule has 0 heterocycles. The molecule has 0 aliphatic heterocycles. The molecular formula is C13H19NO2. The Balaban J connectivity index is 2.52. The lowest BCUT2D eigenvalue weighted by molar-refractivity contribution is -0.152. The Morgan fingerprint density at radius 3 is 2.31 bits per heavy atom. The van der Waals surface area contributed by atoms with Crippen LogP contribution in [-0.2, 0) is 9.53 Å². The van der Waals surface area contributed by atoms with E-state index in [-0.39, 0.29) is 12.5 Å². The summed E-state index contributed by atoms with van der Waals surface area (Å²) in [6, 6.07) is 9.77. The molecule has 1 aromatic carbocycles. The number of anilines is 1. The van der Waals surface area contributed by atoms with Gasteiger partial charge in [0.05, 0.1) is 0 Å². The van der Waals surface area contributed by atoms with Crippen LogP contribution in [0.3, 0.4) is 0 Å². The summed E-state index contributed by atoms with van der Waals surface area (Å²) in [5, 5.41) is 0. The Bertz CT molecular complexity index is 341. The summed E-state index contributed by atoms with van der Waals surface area (Å²) < 4.78 is 5.25. The highest BCUT2D eigenvalue weighted by atomic mass is 16.6. The zero-order chi connectivity index (χ0) is 12.2. The van der Waals surface area contributed by atoms with Crippen LogP contribution in [-0.4, -0.2) is 25.2 Å². The second kappa shape index (κ2) is 5.01. The zero-order valence-corrected chi connectivity index (χ0v) is 10.4. The monoisotopic (exact) mass is 221 g/mol. The lowest BCUT2D eigenvalue weighted by atomic mass is 10.2. The van der Waals surface area contributed by atoms with Crippen molar-refractivity contribution in [3.05, 3.63) is 30.3 Å². The number of nitrogens with zero attached hydrogens (tertiary/aromatic N) is 1. The summed E-state index contributed by atoms with van der Waals surface area (Å²) in [5.74, 6) is -0.209. The number of hydrogen-bond acceptors (Lipinski definition) is 3. The molecule has 0 aliphatic rings. The Hall–Kier alpha value is -1.51. The van der Waals surface area contributed by atoms with Crippen LogP contribution in [0.4, 0.5) is 5.69 Å². The predicted octanol–water partition coefficient (Wildman–Crippen LogP) is 2.46. The molecule has 3 heteroatoms. The highest BCUT2D eigenvalue weighted by Crippen LogP contribution is 2.12. The molecule has 0 atom stereocenters. The smallest absolute Gasteiger partial charge is 0.326 e. The number of rotatable bonds is 3. The number of ether oxygens (including phenoxy) is 1. The number of benzene rings is 1. The minimum atomic E-state index is -0.422. The molecule has 0 unspecified atom stereocenters. The Kier molecular flexibility index (Phi) is 3.93. The van der Waals surface area contributed by atoms with E-state index < -0.39 is 5.60 Å². The third-order valence-electron chi connectivity index (χ3n) is 1.98. The topological polar surface area (TPSA) is 29.5 Å². The van der Waals surface area contributed by atoms with Crippen molar-refractivity contribution >= 4 is 11.7 Å². The molecule has 1 aromatic rings. The van der Waals surface area contributed by atoms with Crippen LogP contribution in [0, 0.1) is 0 Å². The zero-order valence-electron chi connectivity index (χ0n) is 10.4. The summed E-state index contributed by atoms with van der Waals surface area (Å²) in [5.41, 5.74) is 0.586. The number of esters is 1. The van der Waals surface area contributed by atoms with Gasteiger partial charge in [-0.15, -0.1) is 0 Å². The summed E-state index contributed by atoms with van der Waals surface area (Å²) >= 11 is 0. The number of para-hydroxylation sites is 1. The van der Waals surface area contributed by atoms with Crippen molar-refractivity contribution in [2.24, 2.45) is 0 Å². The van der Waals surface area contributed by atoms with Gasteiger partial charge in [0.1, 0.15) is 12.1 Å². The van der Waals surface area contributed by atoms with Crippen molar-refractivity contribution in [1.82, 2.24) is 0 Å². The van der Waals surface area contributed by atoms with E-state index in [1.807, 2.05) is 63.1 Å². The maximum atomic E-state index is 11.6. The summed E-state index contributed by atoms with van der Waals surface area (Å²) in [6.07, 6.45) is 0. The van der Waals surface area contributed by atoms with Gasteiger partial charge in [0.2, 0.25) is 0 Å². The molecule has 0 bridgehead atoms. The van der Waals surface area contributed by atoms with Gasteiger partial charge in [-0.3, -0.25) is 4.79 Å². The number of carbonyl (C=O) groups is 1. The minimum absolute atomic E-state index is 0.209. The van der Waals surface area contributed by atoms with Gasteiger partial charge < -0.3 is 9.64 Å². The maximum absolute atomic E-state index is 11.6. The predicted molar refractivity (Wildman–Crippen MR) is 65.6 cm³/mol. The molecule has 0 aliphatic carbocycles. The molecule has 1 rings (SSSR count). The van der Waals surface area contributed by atoms with Crippen molar-refractivity contribution in [3.8, 4) is 0 Å². The van der Waals surface area contributed by atoms with Crippen molar-refractivity contribution in [2.45, 2.75) is 26.4 Å². The van der Waals surface area contributed by atoms with Crippen LogP contribution < -0.4 is 4.90 Å². The molecule has 0 N–H and O–H groups in total. The van der Waals surface area contributed by atoms with Gasteiger partial charge in [0.25, 0.3) is 0 Å². The molecule has 0 spiro atoms. The number of carbonyl (C=O) groups excluding carboxylic acids is 1. The molecule has 0 amide bonds. The fourth-order valence-electron chi connectivity index (χ4n) is 1.34. The fraction of sp³-hybridized carbons (Fsp3) is 0.462. The first-order chi connectivity index (χ1) is 7.38. The van der Waals surface area contributed by atoms with Crippen LogP contribution in [0.25, 0.3) is 0 Å². The molecule has 0 fully saturated rings. The van der Waals surface area contributed by atoms with E-state index in [0.29, 0.717) is 0 Å². The van der Waals surface area contributed by atoms with Crippen molar-refractivity contribution in [3.63, 3.8) is 0 Å². The van der Waals surface area contributed by atoms with Crippen LogP contribution in [0.1, 0.15) is 20.8 Å². The van der Waals surface area contributed by atoms with Crippen molar-refractivity contribution < 1.29 is 9.53 Å². The van der Waals surface area contributed by atoms with Crippen LogP contribution in [0.15, 0.2) is 30.3 Å². The van der Waals surface area contributed by atoms with Gasteiger partial charge in [0, 0.05) is 12.7 Å². The quantitative estimate of drug-likeness (QED) is 0.734. The van der Waals surface area contributed by atoms with E-state index in [4.69, 9.17) is 4.74 Å². The van der Waals surface area contributed by atoms with E-state index in [9.17, 15) is 4.79 Å². The van der Waals surface area contributed by atoms with Crippen LogP contribution in [0.2, 0.25) is 0 Å². The molecule has 0 radical (unpaired) electrons. The Morgan fingerprint density at radius 1 is 1.25 bits per heavy atom.